The van der Waals surface area contributed by atoms with Crippen LogP contribution in [0, 0.1) is 11.3 Å². The number of carbonyl (C=O) groups excluding carboxylic acids is 3. The van der Waals surface area contributed by atoms with E-state index in [0.717, 1.165) is 75.0 Å². The summed E-state index contributed by atoms with van der Waals surface area (Å²) in [6.45, 7) is 7.20. The van der Waals surface area contributed by atoms with Crippen LogP contribution in [0.25, 0.3) is 0 Å². The maximum atomic E-state index is 13.4. The monoisotopic (exact) mass is 777 g/mol. The van der Waals surface area contributed by atoms with Gasteiger partial charge in [-0.15, -0.1) is 0 Å². The van der Waals surface area contributed by atoms with Gasteiger partial charge in [0.15, 0.2) is 0 Å². The van der Waals surface area contributed by atoms with E-state index in [1.807, 2.05) is 24.3 Å². The Balaban J connectivity index is 0.707. The van der Waals surface area contributed by atoms with E-state index in [1.54, 1.807) is 4.90 Å². The third-order valence-corrected chi connectivity index (χ3v) is 14.8. The molecule has 4 aromatic carbocycles. The number of rotatable bonds is 6. The van der Waals surface area contributed by atoms with Gasteiger partial charge in [-0.1, -0.05) is 48.5 Å². The van der Waals surface area contributed by atoms with Gasteiger partial charge in [0.05, 0.1) is 18.3 Å². The Morgan fingerprint density at radius 1 is 0.845 bits per heavy atom. The summed E-state index contributed by atoms with van der Waals surface area (Å²) in [5, 5.41) is 12.7. The highest BCUT2D eigenvalue weighted by atomic mass is 16.5. The Kier molecular flexibility index (Phi) is 8.57. The van der Waals surface area contributed by atoms with Crippen LogP contribution in [-0.4, -0.2) is 90.6 Å². The number of phenols is 1. The highest BCUT2D eigenvalue weighted by Crippen LogP contribution is 2.53. The molecule has 298 valence electrons. The molecule has 10 heteroatoms. The van der Waals surface area contributed by atoms with Crippen molar-refractivity contribution >= 4 is 29.1 Å². The first kappa shape index (κ1) is 35.8. The van der Waals surface area contributed by atoms with Crippen LogP contribution in [0.4, 0.5) is 11.4 Å². The Morgan fingerprint density at radius 2 is 1.69 bits per heavy atom. The van der Waals surface area contributed by atoms with Crippen LogP contribution < -0.4 is 19.9 Å². The first-order chi connectivity index (χ1) is 28.3. The molecule has 10 nitrogen and oxygen atoms in total. The number of benzene rings is 4. The number of aryl methyl sites for hydroxylation is 1. The molecule has 11 rings (SSSR count). The van der Waals surface area contributed by atoms with E-state index in [-0.39, 0.29) is 36.1 Å². The van der Waals surface area contributed by atoms with Crippen LogP contribution in [0.1, 0.15) is 88.5 Å². The van der Waals surface area contributed by atoms with Crippen LogP contribution >= 0.6 is 0 Å². The van der Waals surface area contributed by atoms with Crippen LogP contribution in [0.15, 0.2) is 84.9 Å². The lowest BCUT2D eigenvalue weighted by Crippen LogP contribution is -2.58. The minimum absolute atomic E-state index is 0.161. The standard InChI is InChI=1S/C48H51N5O5/c54-36-11-13-38-33(22-36)8-12-37(31-4-2-1-3-5-31)44(38)32-6-9-34(10-7-32)51-19-18-48(29-51)23-30(24-48)25-50-20-21-52-35(26-50)28-58-45-40-27-53(42-16-17-43(55)49-46(42)56)47(57)39(40)14-15-41(45)52/h1-7,9-11,13-15,22,30,35,37,42,44,54H,8,12,16-21,23-29H2,(H,49,55,56)/t30?,35-,37-,42?,44+,48?/m1/s1. The van der Waals surface area contributed by atoms with Crippen molar-refractivity contribution in [1.29, 1.82) is 0 Å². The van der Waals surface area contributed by atoms with Gasteiger partial charge in [-0.3, -0.25) is 24.6 Å². The molecule has 58 heavy (non-hydrogen) atoms. The molecule has 4 fully saturated rings. The molecule has 4 atom stereocenters. The highest BCUT2D eigenvalue weighted by Gasteiger charge is 2.49. The van der Waals surface area contributed by atoms with Gasteiger partial charge in [0.2, 0.25) is 11.8 Å². The number of fused-ring (bicyclic) bond motifs is 6. The third kappa shape index (κ3) is 6.05. The number of aromatic hydroxyl groups is 1. The first-order valence-electron chi connectivity index (χ1n) is 21.4. The van der Waals surface area contributed by atoms with Crippen molar-refractivity contribution in [3.05, 3.63) is 118 Å². The largest absolute Gasteiger partial charge is 0.508 e. The summed E-state index contributed by atoms with van der Waals surface area (Å²) < 4.78 is 6.46. The number of hydrogen-bond acceptors (Lipinski definition) is 8. The zero-order valence-electron chi connectivity index (χ0n) is 32.9. The zero-order valence-corrected chi connectivity index (χ0v) is 32.9. The second kappa shape index (κ2) is 13.9. The summed E-state index contributed by atoms with van der Waals surface area (Å²) >= 11 is 0. The number of piperazine rings is 1. The minimum Gasteiger partial charge on any atom is -0.508 e. The fraction of sp³-hybridized carbons (Fsp3) is 0.438. The van der Waals surface area contributed by atoms with Crippen molar-refractivity contribution in [2.24, 2.45) is 11.3 Å². The van der Waals surface area contributed by atoms with Crippen LogP contribution in [0.2, 0.25) is 0 Å². The number of piperidine rings is 1. The third-order valence-electron chi connectivity index (χ3n) is 14.8. The summed E-state index contributed by atoms with van der Waals surface area (Å²) in [7, 11) is 0. The van der Waals surface area contributed by atoms with E-state index in [9.17, 15) is 19.5 Å². The number of nitrogens with zero attached hydrogens (tertiary/aromatic N) is 4. The summed E-state index contributed by atoms with van der Waals surface area (Å²) in [5.74, 6) is 1.70. The number of ether oxygens (including phenoxy) is 1. The fourth-order valence-electron chi connectivity index (χ4n) is 12.0. The topological polar surface area (TPSA) is 106 Å². The summed E-state index contributed by atoms with van der Waals surface area (Å²) in [4.78, 5) is 47.1. The van der Waals surface area contributed by atoms with E-state index in [2.05, 4.69) is 80.7 Å². The number of anilines is 2. The van der Waals surface area contributed by atoms with E-state index in [1.165, 1.54) is 47.2 Å². The molecular weight excluding hydrogens is 727 g/mol. The van der Waals surface area contributed by atoms with Gasteiger partial charge >= 0.3 is 0 Å². The molecule has 2 N–H and O–H groups in total. The highest BCUT2D eigenvalue weighted by molar-refractivity contribution is 6.06. The van der Waals surface area contributed by atoms with Gasteiger partial charge in [0.25, 0.3) is 5.91 Å². The molecule has 7 aliphatic rings. The lowest BCUT2D eigenvalue weighted by molar-refractivity contribution is -0.136. The number of phenolic OH excluding ortho intramolecular Hbond substituents is 1. The molecule has 1 saturated carbocycles. The van der Waals surface area contributed by atoms with Crippen molar-refractivity contribution in [3.63, 3.8) is 0 Å². The maximum Gasteiger partial charge on any atom is 0.255 e. The Morgan fingerprint density at radius 3 is 2.52 bits per heavy atom. The maximum absolute atomic E-state index is 13.4. The second-order valence-electron chi connectivity index (χ2n) is 18.2. The number of imide groups is 1. The summed E-state index contributed by atoms with van der Waals surface area (Å²) in [6.07, 6.45) is 6.49. The number of amides is 3. The SMILES string of the molecule is O=C1CCC(N2Cc3c(ccc4c3OC[C@H]3CN(CC5CC6(CCN(c7ccc([C@@H]8c9ccc(O)cc9CC[C@@H]8c8ccccc8)cc7)C6)C5)CCN43)C2=O)C(=O)N1. The van der Waals surface area contributed by atoms with Gasteiger partial charge in [-0.05, 0) is 114 Å². The Bertz CT molecular complexity index is 2290. The number of hydrogen-bond donors (Lipinski definition) is 2. The normalized spacial score (nSPS) is 29.0. The zero-order chi connectivity index (χ0) is 39.1. The predicted molar refractivity (Wildman–Crippen MR) is 221 cm³/mol. The number of nitrogens with one attached hydrogen (secondary N) is 1. The fourth-order valence-corrected chi connectivity index (χ4v) is 12.0. The molecule has 3 saturated heterocycles. The van der Waals surface area contributed by atoms with E-state index in [0.29, 0.717) is 42.2 Å². The van der Waals surface area contributed by atoms with E-state index < -0.39 is 6.04 Å². The number of carbonyl (C=O) groups is 3. The molecule has 3 amide bonds. The van der Waals surface area contributed by atoms with Crippen molar-refractivity contribution < 1.29 is 24.2 Å². The Labute approximate surface area is 339 Å². The smallest absolute Gasteiger partial charge is 0.255 e. The van der Waals surface area contributed by atoms with Crippen molar-refractivity contribution in [2.75, 3.05) is 55.7 Å². The average Bonchev–Trinajstić information content (AvgIpc) is 3.82. The first-order valence-corrected chi connectivity index (χ1v) is 21.4. The van der Waals surface area contributed by atoms with Crippen molar-refractivity contribution in [1.82, 2.24) is 15.1 Å². The molecule has 1 unspecified atom stereocenters. The molecule has 0 bridgehead atoms. The Hall–Kier alpha value is -5.35. The van der Waals surface area contributed by atoms with Crippen LogP contribution in [-0.2, 0) is 22.6 Å². The molecule has 5 aliphatic heterocycles. The van der Waals surface area contributed by atoms with Gasteiger partial charge in [0.1, 0.15) is 24.1 Å². The quantitative estimate of drug-likeness (QED) is 0.223. The minimum atomic E-state index is -0.630. The molecule has 5 heterocycles. The molecule has 1 spiro atoms. The molecule has 2 aliphatic carbocycles. The van der Waals surface area contributed by atoms with Gasteiger partial charge < -0.3 is 24.5 Å². The molecule has 0 aromatic heterocycles. The predicted octanol–water partition coefficient (Wildman–Crippen LogP) is 6.20. The second-order valence-corrected chi connectivity index (χ2v) is 18.2. The van der Waals surface area contributed by atoms with Gasteiger partial charge in [-0.25, -0.2) is 0 Å². The van der Waals surface area contributed by atoms with Gasteiger partial charge in [-0.2, -0.15) is 0 Å². The van der Waals surface area contributed by atoms with Crippen LogP contribution in [0.5, 0.6) is 11.5 Å². The van der Waals surface area contributed by atoms with E-state index >= 15 is 0 Å². The lowest BCUT2D eigenvalue weighted by atomic mass is 9.61. The summed E-state index contributed by atoms with van der Waals surface area (Å²) in [6, 6.07) is 29.9. The average molecular weight is 778 g/mol. The molecule has 4 aromatic rings. The van der Waals surface area contributed by atoms with Crippen molar-refractivity contribution in [3.8, 4) is 11.5 Å². The van der Waals surface area contributed by atoms with Crippen molar-refractivity contribution in [2.45, 2.75) is 75.4 Å². The lowest BCUT2D eigenvalue weighted by Gasteiger charge is -2.50. The molecule has 0 radical (unpaired) electrons. The van der Waals surface area contributed by atoms with Gasteiger partial charge in [0, 0.05) is 68.4 Å². The summed E-state index contributed by atoms with van der Waals surface area (Å²) in [5.41, 5.74) is 9.61. The van der Waals surface area contributed by atoms with Crippen LogP contribution in [0.3, 0.4) is 0 Å². The van der Waals surface area contributed by atoms with E-state index in [4.69, 9.17) is 4.74 Å². The molecular formula is C48H51N5O5.